The Labute approximate surface area is 195 Å². The Balaban J connectivity index is 1.91. The van der Waals surface area contributed by atoms with Gasteiger partial charge in [0.2, 0.25) is 0 Å². The molecule has 0 unspecified atom stereocenters. The van der Waals surface area contributed by atoms with Gasteiger partial charge in [-0.3, -0.25) is 4.98 Å². The second-order valence-electron chi connectivity index (χ2n) is 8.95. The van der Waals surface area contributed by atoms with Crippen LogP contribution >= 0.6 is 0 Å². The van der Waals surface area contributed by atoms with Crippen molar-refractivity contribution in [3.8, 4) is 22.3 Å². The predicted molar refractivity (Wildman–Crippen MR) is 136 cm³/mol. The van der Waals surface area contributed by atoms with E-state index in [1.807, 2.05) is 48.5 Å². The van der Waals surface area contributed by atoms with E-state index in [1.54, 1.807) is 20.0 Å². The molecule has 3 aromatic carbocycles. The second kappa shape index (κ2) is 9.08. The van der Waals surface area contributed by atoms with Crippen LogP contribution in [-0.4, -0.2) is 31.4 Å². The highest BCUT2D eigenvalue weighted by atomic mass is 32.2. The third-order valence-electron chi connectivity index (χ3n) is 6.43. The van der Waals surface area contributed by atoms with Gasteiger partial charge in [-0.2, -0.15) is 0 Å². The van der Waals surface area contributed by atoms with E-state index in [-0.39, 0.29) is 6.61 Å². The van der Waals surface area contributed by atoms with Crippen LogP contribution in [0.5, 0.6) is 0 Å². The first kappa shape index (κ1) is 23.1. The number of sulfone groups is 1. The lowest BCUT2D eigenvalue weighted by Gasteiger charge is -2.24. The highest BCUT2D eigenvalue weighted by molar-refractivity contribution is 7.91. The van der Waals surface area contributed by atoms with E-state index in [0.717, 1.165) is 45.1 Å². The van der Waals surface area contributed by atoms with E-state index in [2.05, 4.69) is 29.2 Å². The van der Waals surface area contributed by atoms with Crippen molar-refractivity contribution in [2.75, 3.05) is 12.9 Å². The highest BCUT2D eigenvalue weighted by Gasteiger charge is 2.33. The molecule has 33 heavy (non-hydrogen) atoms. The van der Waals surface area contributed by atoms with E-state index in [9.17, 15) is 13.5 Å². The molecule has 0 fully saturated rings. The van der Waals surface area contributed by atoms with E-state index in [1.165, 1.54) is 11.8 Å². The lowest BCUT2D eigenvalue weighted by Crippen LogP contribution is -2.28. The van der Waals surface area contributed by atoms with Crippen molar-refractivity contribution in [3.05, 3.63) is 90.1 Å². The van der Waals surface area contributed by atoms with Crippen LogP contribution in [0.4, 0.5) is 0 Å². The van der Waals surface area contributed by atoms with E-state index >= 15 is 0 Å². The van der Waals surface area contributed by atoms with Gasteiger partial charge < -0.3 is 5.11 Å². The lowest BCUT2D eigenvalue weighted by atomic mass is 9.91. The Morgan fingerprint density at radius 3 is 2.33 bits per heavy atom. The Morgan fingerprint density at radius 2 is 1.61 bits per heavy atom. The third kappa shape index (κ3) is 4.56. The molecule has 0 spiro atoms. The molecule has 0 saturated heterocycles. The fourth-order valence-electron chi connectivity index (χ4n) is 4.12. The molecule has 0 aliphatic heterocycles. The summed E-state index contributed by atoms with van der Waals surface area (Å²) < 4.78 is 24.1. The monoisotopic (exact) mass is 459 g/mol. The fourth-order valence-corrected chi connectivity index (χ4v) is 4.66. The van der Waals surface area contributed by atoms with E-state index in [4.69, 9.17) is 0 Å². The molecule has 5 heteroatoms. The van der Waals surface area contributed by atoms with Gasteiger partial charge in [0.25, 0.3) is 0 Å². The van der Waals surface area contributed by atoms with Crippen LogP contribution in [0.1, 0.15) is 31.4 Å². The number of fused-ring (bicyclic) bond motifs is 1. The molecule has 0 amide bonds. The van der Waals surface area contributed by atoms with Crippen LogP contribution in [0, 0.1) is 0 Å². The SMILES string of the molecule is CC(C)(c1cc(-c2cccc(-c3ccccc3CCCO)c2)c2ncccc2c1)S(C)(=O)=O. The number of pyridine rings is 1. The molecular weight excluding hydrogens is 430 g/mol. The van der Waals surface area contributed by atoms with Crippen LogP contribution in [0.2, 0.25) is 0 Å². The Kier molecular flexibility index (Phi) is 6.37. The molecular formula is C28H29NO3S. The summed E-state index contributed by atoms with van der Waals surface area (Å²) in [6.07, 6.45) is 4.57. The minimum atomic E-state index is -3.33. The maximum atomic E-state index is 12.6. The molecule has 4 rings (SSSR count). The average molecular weight is 460 g/mol. The minimum Gasteiger partial charge on any atom is -0.396 e. The number of benzene rings is 3. The molecule has 1 aromatic heterocycles. The third-order valence-corrected chi connectivity index (χ3v) is 8.52. The van der Waals surface area contributed by atoms with Crippen molar-refractivity contribution in [2.24, 2.45) is 0 Å². The molecule has 4 aromatic rings. The first-order valence-electron chi connectivity index (χ1n) is 11.1. The van der Waals surface area contributed by atoms with Gasteiger partial charge in [-0.1, -0.05) is 48.5 Å². The quantitative estimate of drug-likeness (QED) is 0.381. The molecule has 4 nitrogen and oxygen atoms in total. The number of rotatable bonds is 7. The average Bonchev–Trinajstić information content (AvgIpc) is 2.81. The summed E-state index contributed by atoms with van der Waals surface area (Å²) in [4.78, 5) is 4.63. The Hall–Kier alpha value is -3.02. The van der Waals surface area contributed by atoms with Crippen molar-refractivity contribution in [2.45, 2.75) is 31.4 Å². The minimum absolute atomic E-state index is 0.162. The molecule has 1 N–H and O–H groups in total. The van der Waals surface area contributed by atoms with Gasteiger partial charge in [0, 0.05) is 30.0 Å². The van der Waals surface area contributed by atoms with Crippen LogP contribution in [-0.2, 0) is 21.0 Å². The van der Waals surface area contributed by atoms with Crippen molar-refractivity contribution in [1.29, 1.82) is 0 Å². The molecule has 0 aliphatic rings. The first-order valence-corrected chi connectivity index (χ1v) is 13.0. The topological polar surface area (TPSA) is 67.3 Å². The number of aliphatic hydroxyl groups excluding tert-OH is 1. The molecule has 1 heterocycles. The molecule has 0 saturated carbocycles. The summed E-state index contributed by atoms with van der Waals surface area (Å²) in [6, 6.07) is 24.3. The maximum Gasteiger partial charge on any atom is 0.156 e. The van der Waals surface area contributed by atoms with Gasteiger partial charge in [0.05, 0.1) is 10.3 Å². The summed E-state index contributed by atoms with van der Waals surface area (Å²) >= 11 is 0. The highest BCUT2D eigenvalue weighted by Crippen LogP contribution is 2.37. The Morgan fingerprint density at radius 1 is 0.879 bits per heavy atom. The molecule has 0 atom stereocenters. The number of nitrogens with zero attached hydrogens (tertiary/aromatic N) is 1. The normalized spacial score (nSPS) is 12.2. The zero-order valence-corrected chi connectivity index (χ0v) is 20.1. The molecule has 0 radical (unpaired) electrons. The smallest absolute Gasteiger partial charge is 0.156 e. The largest absolute Gasteiger partial charge is 0.396 e. The summed E-state index contributed by atoms with van der Waals surface area (Å²) in [7, 11) is -3.33. The van der Waals surface area contributed by atoms with Crippen LogP contribution in [0.3, 0.4) is 0 Å². The van der Waals surface area contributed by atoms with Crippen LogP contribution in [0.15, 0.2) is 79.0 Å². The molecule has 0 bridgehead atoms. The van der Waals surface area contributed by atoms with Crippen LogP contribution in [0.25, 0.3) is 33.2 Å². The summed E-state index contributed by atoms with van der Waals surface area (Å²) in [5.41, 5.74) is 6.90. The summed E-state index contributed by atoms with van der Waals surface area (Å²) in [6.45, 7) is 3.66. The van der Waals surface area contributed by atoms with Gasteiger partial charge in [-0.05, 0) is 78.8 Å². The van der Waals surface area contributed by atoms with Gasteiger partial charge >= 0.3 is 0 Å². The maximum absolute atomic E-state index is 12.6. The standard InChI is InChI=1S/C28H29NO3S/c1-28(2,33(3,31)32)24-18-23-12-7-15-29-27(23)26(19-24)22-11-6-10-21(17-22)25-14-5-4-9-20(25)13-8-16-30/h4-7,9-12,14-15,17-19,30H,8,13,16H2,1-3H3. The van der Waals surface area contributed by atoms with Crippen molar-refractivity contribution in [1.82, 2.24) is 4.98 Å². The summed E-state index contributed by atoms with van der Waals surface area (Å²) in [5, 5.41) is 10.2. The number of aliphatic hydroxyl groups is 1. The molecule has 170 valence electrons. The number of hydrogen-bond donors (Lipinski definition) is 1. The number of aromatic nitrogens is 1. The van der Waals surface area contributed by atoms with E-state index in [0.29, 0.717) is 6.42 Å². The van der Waals surface area contributed by atoms with Crippen LogP contribution < -0.4 is 0 Å². The summed E-state index contributed by atoms with van der Waals surface area (Å²) in [5.74, 6) is 0. The zero-order chi connectivity index (χ0) is 23.6. The second-order valence-corrected chi connectivity index (χ2v) is 11.5. The zero-order valence-electron chi connectivity index (χ0n) is 19.2. The van der Waals surface area contributed by atoms with Crippen molar-refractivity contribution < 1.29 is 13.5 Å². The van der Waals surface area contributed by atoms with Crippen molar-refractivity contribution in [3.63, 3.8) is 0 Å². The van der Waals surface area contributed by atoms with Crippen molar-refractivity contribution >= 4 is 20.7 Å². The number of hydrogen-bond acceptors (Lipinski definition) is 4. The fraction of sp³-hybridized carbons (Fsp3) is 0.250. The van der Waals surface area contributed by atoms with E-state index < -0.39 is 14.6 Å². The first-order chi connectivity index (χ1) is 15.7. The number of aryl methyl sites for hydroxylation is 1. The van der Waals surface area contributed by atoms with Gasteiger partial charge in [-0.15, -0.1) is 0 Å². The van der Waals surface area contributed by atoms with Gasteiger partial charge in [0.15, 0.2) is 9.84 Å². The lowest BCUT2D eigenvalue weighted by molar-refractivity contribution is 0.288. The van der Waals surface area contributed by atoms with Gasteiger partial charge in [-0.25, -0.2) is 8.42 Å². The van der Waals surface area contributed by atoms with Gasteiger partial charge in [0.1, 0.15) is 0 Å². The Bertz CT molecular complexity index is 1410. The predicted octanol–water partition coefficient (Wildman–Crippen LogP) is 5.77. The molecule has 0 aliphatic carbocycles.